The van der Waals surface area contributed by atoms with E-state index in [4.69, 9.17) is 9.66 Å². The van der Waals surface area contributed by atoms with Gasteiger partial charge in [-0.1, -0.05) is 0 Å². The molecule has 2 N–H and O–H groups in total. The normalized spacial score (nSPS) is 8.36. The van der Waals surface area contributed by atoms with Gasteiger partial charge in [0.25, 0.3) is 10.1 Å². The molecule has 0 aromatic heterocycles. The largest absolute Gasteiger partial charge is 1.00 e. The molecule has 22 heavy (non-hydrogen) atoms. The van der Waals surface area contributed by atoms with Crippen molar-refractivity contribution in [3.05, 3.63) is 0 Å². The van der Waals surface area contributed by atoms with Gasteiger partial charge in [0.1, 0.15) is 10.1 Å². The Hall–Kier alpha value is 3.95. The van der Waals surface area contributed by atoms with E-state index in [2.05, 4.69) is 37.2 Å². The second-order valence-electron chi connectivity index (χ2n) is 2.19. The van der Waals surface area contributed by atoms with Gasteiger partial charge in [-0.15, -0.1) is 24.0 Å². The van der Waals surface area contributed by atoms with Crippen LogP contribution in [0.1, 0.15) is 1.43 Å². The molecule has 0 aromatic carbocycles. The van der Waals surface area contributed by atoms with Crippen LogP contribution in [0.2, 0.25) is 0 Å². The van der Waals surface area contributed by atoms with Gasteiger partial charge < -0.3 is 21.0 Å². The molecular weight excluding hydrogens is 722 g/mol. The topological polar surface area (TPSA) is 189 Å². The van der Waals surface area contributed by atoms with E-state index < -0.39 is 43.7 Å². The third-order valence-corrected chi connectivity index (χ3v) is 1.80. The maximum atomic E-state index is 9.62. The minimum atomic E-state index is -4.64. The summed E-state index contributed by atoms with van der Waals surface area (Å²) in [5, 5.41) is 17.0. The standard InChI is InChI=1S/2C2H4O5S.I2.HI.3Na.H/c2*3-2(4)1-8(5,6)7;1-2;;;;;/h2*1H2,(H,3,4)(H,5,6,7);;1H;;;;/q;;;;3*+1;-1/p-2. The molecule has 0 aromatic rings. The zero-order valence-electron chi connectivity index (χ0n) is 12.6. The molecular formula is C4H8I3Na3O10S2. The molecule has 0 saturated heterocycles. The van der Waals surface area contributed by atoms with Crippen molar-refractivity contribution in [2.45, 2.75) is 0 Å². The predicted molar refractivity (Wildman–Crippen MR) is 88.2 cm³/mol. The first kappa shape index (κ1) is 45.0. The Morgan fingerprint density at radius 3 is 1.27 bits per heavy atom. The van der Waals surface area contributed by atoms with Crippen LogP contribution in [0.25, 0.3) is 0 Å². The quantitative estimate of drug-likeness (QED) is 0.160. The van der Waals surface area contributed by atoms with E-state index in [0.717, 1.165) is 0 Å². The third-order valence-electron chi connectivity index (χ3n) is 0.601. The number of halogens is 3. The van der Waals surface area contributed by atoms with Gasteiger partial charge in [0, 0.05) is 37.2 Å². The van der Waals surface area contributed by atoms with Crippen molar-refractivity contribution in [1.82, 2.24) is 0 Å². The summed E-state index contributed by atoms with van der Waals surface area (Å²) in [5.41, 5.74) is 0. The maximum absolute atomic E-state index is 9.62. The van der Waals surface area contributed by atoms with Gasteiger partial charge in [-0.05, 0) is 0 Å². The molecule has 0 aliphatic rings. The summed E-state index contributed by atoms with van der Waals surface area (Å²) in [5.74, 6) is -6.12. The minimum Gasteiger partial charge on any atom is -1.00 e. The van der Waals surface area contributed by atoms with Gasteiger partial charge >= 0.3 is 94.6 Å². The number of carbonyl (C=O) groups is 2. The van der Waals surface area contributed by atoms with Crippen LogP contribution < -0.4 is 93.8 Å². The van der Waals surface area contributed by atoms with E-state index in [0.29, 0.717) is 0 Å². The Labute approximate surface area is 235 Å². The molecule has 0 aliphatic carbocycles. The predicted octanol–water partition coefficient (Wildman–Crippen LogP) is -10.2. The van der Waals surface area contributed by atoms with Crippen LogP contribution in [0.3, 0.4) is 0 Å². The number of carbonyl (C=O) groups excluding carboxylic acids is 1. The molecule has 0 unspecified atom stereocenters. The van der Waals surface area contributed by atoms with Gasteiger partial charge in [0.05, 0.1) is 11.7 Å². The van der Waals surface area contributed by atoms with E-state index in [9.17, 15) is 36.1 Å². The molecule has 120 valence electrons. The zero-order valence-corrected chi connectivity index (χ0v) is 25.8. The Balaban J connectivity index is -0.0000000245. The molecule has 0 rings (SSSR count). The molecule has 10 nitrogen and oxygen atoms in total. The summed E-state index contributed by atoms with van der Waals surface area (Å²) in [6.07, 6.45) is 0. The van der Waals surface area contributed by atoms with Crippen LogP contribution in [0.15, 0.2) is 0 Å². The molecule has 0 saturated carbocycles. The van der Waals surface area contributed by atoms with E-state index in [1.165, 1.54) is 0 Å². The van der Waals surface area contributed by atoms with Crippen molar-refractivity contribution in [3.63, 3.8) is 0 Å². The van der Waals surface area contributed by atoms with Crippen molar-refractivity contribution in [3.8, 4) is 0 Å². The first-order valence-electron chi connectivity index (χ1n) is 3.28. The average Bonchev–Trinajstić information content (AvgIpc) is 1.98. The molecule has 0 heterocycles. The van der Waals surface area contributed by atoms with Crippen LogP contribution in [-0.4, -0.2) is 54.5 Å². The summed E-state index contributed by atoms with van der Waals surface area (Å²) >= 11 is 4.24. The second kappa shape index (κ2) is 24.9. The maximum Gasteiger partial charge on any atom is 1.00 e. The van der Waals surface area contributed by atoms with Crippen molar-refractivity contribution in [2.75, 3.05) is 11.5 Å². The van der Waals surface area contributed by atoms with E-state index in [-0.39, 0.29) is 114 Å². The summed E-state index contributed by atoms with van der Waals surface area (Å²) in [6, 6.07) is 0. The summed E-state index contributed by atoms with van der Waals surface area (Å²) in [7, 11) is -8.96. The number of rotatable bonds is 4. The zero-order chi connectivity index (χ0) is 15.6. The Kier molecular flexibility index (Phi) is 51.0. The van der Waals surface area contributed by atoms with Gasteiger partial charge in [-0.2, -0.15) is 8.42 Å². The van der Waals surface area contributed by atoms with Crippen LogP contribution in [0.5, 0.6) is 0 Å². The molecule has 0 bridgehead atoms. The molecule has 0 spiro atoms. The van der Waals surface area contributed by atoms with Gasteiger partial charge in [-0.25, -0.2) is 8.42 Å². The molecule has 0 radical (unpaired) electrons. The van der Waals surface area contributed by atoms with Crippen molar-refractivity contribution in [1.29, 1.82) is 0 Å². The first-order chi connectivity index (χ1) is 7.83. The van der Waals surface area contributed by atoms with Gasteiger partial charge in [0.15, 0.2) is 5.75 Å². The fraction of sp³-hybridized carbons (Fsp3) is 0.500. The summed E-state index contributed by atoms with van der Waals surface area (Å²) in [6.45, 7) is 0. The van der Waals surface area contributed by atoms with E-state index in [1.54, 1.807) is 0 Å². The van der Waals surface area contributed by atoms with Gasteiger partial charge in [-0.3, -0.25) is 9.35 Å². The minimum absolute atomic E-state index is 0. The Morgan fingerprint density at radius 1 is 1.00 bits per heavy atom. The van der Waals surface area contributed by atoms with Crippen LogP contribution >= 0.6 is 61.2 Å². The van der Waals surface area contributed by atoms with Crippen LogP contribution in [0, 0.1) is 0 Å². The Bertz CT molecular complexity index is 428. The Morgan fingerprint density at radius 2 is 1.27 bits per heavy atom. The smallest absolute Gasteiger partial charge is 1.00 e. The van der Waals surface area contributed by atoms with E-state index in [1.807, 2.05) is 0 Å². The SMILES string of the molecule is I.II.O=C(O)CS(=O)(=O)O.O=C([O-])CS(=O)(=O)[O-].[H-].[Na+].[Na+].[Na+]. The summed E-state index contributed by atoms with van der Waals surface area (Å²) < 4.78 is 55.4. The second-order valence-corrected chi connectivity index (χ2v) is 5.05. The number of hydrogen-bond donors (Lipinski definition) is 2. The molecule has 0 aliphatic heterocycles. The third kappa shape index (κ3) is 64.8. The van der Waals surface area contributed by atoms with Crippen molar-refractivity contribution < 1.29 is 136 Å². The number of carboxylic acid groups (broad SMARTS) is 2. The first-order valence-corrected chi connectivity index (χ1v) is 12.8. The fourth-order valence-electron chi connectivity index (χ4n) is 0.300. The molecule has 0 fully saturated rings. The number of carboxylic acids is 2. The molecule has 18 heteroatoms. The van der Waals surface area contributed by atoms with Gasteiger partial charge in [0.2, 0.25) is 0 Å². The fourth-order valence-corrected chi connectivity index (χ4v) is 0.901. The molecule has 0 atom stereocenters. The van der Waals surface area contributed by atoms with Crippen LogP contribution in [-0.2, 0) is 29.8 Å². The number of hydrogen-bond acceptors (Lipinski definition) is 8. The van der Waals surface area contributed by atoms with Crippen LogP contribution in [0.4, 0.5) is 0 Å². The van der Waals surface area contributed by atoms with Crippen molar-refractivity contribution >= 4 is 93.4 Å². The summed E-state index contributed by atoms with van der Waals surface area (Å²) in [4.78, 5) is 18.8. The molecule has 0 amide bonds. The van der Waals surface area contributed by atoms with E-state index >= 15 is 0 Å². The monoisotopic (exact) mass is 730 g/mol. The van der Waals surface area contributed by atoms with Crippen molar-refractivity contribution in [2.24, 2.45) is 0 Å². The number of aliphatic carboxylic acids is 2. The average molecular weight is 730 g/mol.